The van der Waals surface area contributed by atoms with E-state index in [0.29, 0.717) is 16.3 Å². The van der Waals surface area contributed by atoms with Gasteiger partial charge in [-0.25, -0.2) is 0 Å². The van der Waals surface area contributed by atoms with Crippen LogP contribution < -0.4 is 9.47 Å². The summed E-state index contributed by atoms with van der Waals surface area (Å²) in [6.07, 6.45) is 5.70. The zero-order chi connectivity index (χ0) is 15.4. The van der Waals surface area contributed by atoms with Crippen molar-refractivity contribution in [1.82, 2.24) is 0 Å². The molecule has 2 aromatic rings. The number of phenolic OH excluding ortho intramolecular Hbond substituents is 1. The first-order valence-corrected chi connectivity index (χ1v) is 6.66. The number of aromatic hydroxyl groups is 1. The van der Waals surface area contributed by atoms with E-state index < -0.39 is 5.92 Å². The third-order valence-electron chi connectivity index (χ3n) is 3.23. The molecule has 21 heavy (non-hydrogen) atoms. The van der Waals surface area contributed by atoms with Crippen molar-refractivity contribution in [1.29, 1.82) is 0 Å². The van der Waals surface area contributed by atoms with Crippen LogP contribution in [0.3, 0.4) is 0 Å². The Morgan fingerprint density at radius 2 is 1.86 bits per heavy atom. The molecule has 2 aromatic carbocycles. The number of terminal acetylenes is 1. The fourth-order valence-corrected chi connectivity index (χ4v) is 2.52. The van der Waals surface area contributed by atoms with E-state index in [1.165, 1.54) is 20.3 Å². The van der Waals surface area contributed by atoms with Crippen molar-refractivity contribution in [3.63, 3.8) is 0 Å². The molecule has 0 fully saturated rings. The molecule has 4 heteroatoms. The van der Waals surface area contributed by atoms with Gasteiger partial charge in [0.15, 0.2) is 11.5 Å². The zero-order valence-corrected chi connectivity index (χ0v) is 12.5. The van der Waals surface area contributed by atoms with E-state index in [2.05, 4.69) is 5.92 Å². The van der Waals surface area contributed by atoms with E-state index in [0.717, 1.165) is 5.56 Å². The highest BCUT2D eigenvalue weighted by atomic mass is 35.5. The van der Waals surface area contributed by atoms with Crippen LogP contribution in [0.25, 0.3) is 0 Å². The summed E-state index contributed by atoms with van der Waals surface area (Å²) >= 11 is 6.24. The second kappa shape index (κ2) is 6.43. The molecule has 0 amide bonds. The largest absolute Gasteiger partial charge is 0.504 e. The molecule has 0 spiro atoms. The maximum absolute atomic E-state index is 9.99. The summed E-state index contributed by atoms with van der Waals surface area (Å²) in [5.41, 5.74) is 1.33. The second-order valence-corrected chi connectivity index (χ2v) is 4.76. The van der Waals surface area contributed by atoms with Crippen molar-refractivity contribution in [2.24, 2.45) is 0 Å². The van der Waals surface area contributed by atoms with Crippen LogP contribution in [-0.2, 0) is 0 Å². The van der Waals surface area contributed by atoms with Gasteiger partial charge >= 0.3 is 0 Å². The van der Waals surface area contributed by atoms with Gasteiger partial charge in [-0.2, -0.15) is 0 Å². The van der Waals surface area contributed by atoms with Crippen molar-refractivity contribution in [2.45, 2.75) is 5.92 Å². The Hall–Kier alpha value is -2.31. The number of benzene rings is 2. The van der Waals surface area contributed by atoms with Crippen LogP contribution in [0, 0.1) is 12.3 Å². The van der Waals surface area contributed by atoms with Gasteiger partial charge < -0.3 is 14.6 Å². The first kappa shape index (κ1) is 15.1. The van der Waals surface area contributed by atoms with E-state index in [1.54, 1.807) is 12.1 Å². The first-order valence-electron chi connectivity index (χ1n) is 6.28. The topological polar surface area (TPSA) is 38.7 Å². The van der Waals surface area contributed by atoms with Crippen LogP contribution >= 0.6 is 11.6 Å². The second-order valence-electron chi connectivity index (χ2n) is 4.36. The molecular weight excluding hydrogens is 288 g/mol. The molecule has 0 saturated heterocycles. The average Bonchev–Trinajstić information content (AvgIpc) is 2.50. The number of rotatable bonds is 4. The third-order valence-corrected chi connectivity index (χ3v) is 3.58. The Labute approximate surface area is 129 Å². The van der Waals surface area contributed by atoms with Crippen molar-refractivity contribution in [2.75, 3.05) is 14.2 Å². The molecule has 1 N–H and O–H groups in total. The predicted molar refractivity (Wildman–Crippen MR) is 83.3 cm³/mol. The lowest BCUT2D eigenvalue weighted by molar-refractivity contribution is 0.357. The maximum atomic E-state index is 9.99. The van der Waals surface area contributed by atoms with Crippen molar-refractivity contribution in [3.05, 3.63) is 52.5 Å². The lowest BCUT2D eigenvalue weighted by Crippen LogP contribution is -2.05. The van der Waals surface area contributed by atoms with E-state index in [1.807, 2.05) is 18.2 Å². The van der Waals surface area contributed by atoms with E-state index >= 15 is 0 Å². The average molecular weight is 303 g/mol. The number of ether oxygens (including phenoxy) is 2. The van der Waals surface area contributed by atoms with Gasteiger partial charge in [0, 0.05) is 5.02 Å². The van der Waals surface area contributed by atoms with E-state index in [4.69, 9.17) is 27.5 Å². The molecule has 3 nitrogen and oxygen atoms in total. The molecule has 0 radical (unpaired) electrons. The highest BCUT2D eigenvalue weighted by molar-refractivity contribution is 6.31. The summed E-state index contributed by atoms with van der Waals surface area (Å²) < 4.78 is 10.7. The highest BCUT2D eigenvalue weighted by Gasteiger charge is 2.25. The molecule has 108 valence electrons. The first-order chi connectivity index (χ1) is 10.1. The Morgan fingerprint density at radius 1 is 1.14 bits per heavy atom. The standard InChI is InChI=1S/C17H15ClO3/c1-4-11(12-7-5-6-8-13(12)18)16-15(20-2)10-9-14(19)17(16)21-3/h1,5-11,19H,2-3H3/t11-/m1/s1. The van der Waals surface area contributed by atoms with E-state index in [9.17, 15) is 5.11 Å². The van der Waals surface area contributed by atoms with Gasteiger partial charge in [0.05, 0.1) is 25.7 Å². The summed E-state index contributed by atoms with van der Waals surface area (Å²) in [6.45, 7) is 0. The predicted octanol–water partition coefficient (Wildman–Crippen LogP) is 3.83. The Bertz CT molecular complexity index is 689. The lowest BCUT2D eigenvalue weighted by Gasteiger charge is -2.20. The Balaban J connectivity index is 2.71. The SMILES string of the molecule is C#C[C@H](c1ccccc1Cl)c1c(OC)ccc(O)c1OC. The van der Waals surface area contributed by atoms with Crippen LogP contribution in [0.15, 0.2) is 36.4 Å². The number of methoxy groups -OCH3 is 2. The lowest BCUT2D eigenvalue weighted by atomic mass is 9.90. The van der Waals surface area contributed by atoms with Gasteiger partial charge in [0.1, 0.15) is 5.75 Å². The molecule has 2 rings (SSSR count). The molecule has 0 unspecified atom stereocenters. The van der Waals surface area contributed by atoms with Gasteiger partial charge in [-0.15, -0.1) is 6.42 Å². The summed E-state index contributed by atoms with van der Waals surface area (Å²) in [6, 6.07) is 10.4. The fourth-order valence-electron chi connectivity index (χ4n) is 2.27. The molecule has 0 aliphatic carbocycles. The Kier molecular flexibility index (Phi) is 4.62. The van der Waals surface area contributed by atoms with Crippen LogP contribution in [0.1, 0.15) is 17.0 Å². The third kappa shape index (κ3) is 2.76. The minimum Gasteiger partial charge on any atom is -0.504 e. The minimum absolute atomic E-state index is 0.000559. The smallest absolute Gasteiger partial charge is 0.168 e. The van der Waals surface area contributed by atoms with Gasteiger partial charge in [0.2, 0.25) is 0 Å². The van der Waals surface area contributed by atoms with Crippen LogP contribution in [0.5, 0.6) is 17.2 Å². The van der Waals surface area contributed by atoms with Gasteiger partial charge in [-0.05, 0) is 23.8 Å². The quantitative estimate of drug-likeness (QED) is 0.872. The highest BCUT2D eigenvalue weighted by Crippen LogP contribution is 2.44. The van der Waals surface area contributed by atoms with Gasteiger partial charge in [-0.1, -0.05) is 35.7 Å². The molecule has 0 aromatic heterocycles. The van der Waals surface area contributed by atoms with Crippen molar-refractivity contribution in [3.8, 4) is 29.6 Å². The van der Waals surface area contributed by atoms with Crippen LogP contribution in [-0.4, -0.2) is 19.3 Å². The van der Waals surface area contributed by atoms with Crippen molar-refractivity contribution < 1.29 is 14.6 Å². The summed E-state index contributed by atoms with van der Waals surface area (Å²) in [4.78, 5) is 0. The number of hydrogen-bond acceptors (Lipinski definition) is 3. The van der Waals surface area contributed by atoms with Crippen LogP contribution in [0.2, 0.25) is 5.02 Å². The molecular formula is C17H15ClO3. The minimum atomic E-state index is -0.490. The molecule has 1 atom stereocenters. The molecule has 0 aliphatic heterocycles. The molecule has 0 heterocycles. The van der Waals surface area contributed by atoms with Gasteiger partial charge in [0.25, 0.3) is 0 Å². The van der Waals surface area contributed by atoms with E-state index in [-0.39, 0.29) is 11.5 Å². The Morgan fingerprint density at radius 3 is 2.43 bits per heavy atom. The molecule has 0 bridgehead atoms. The fraction of sp³-hybridized carbons (Fsp3) is 0.176. The van der Waals surface area contributed by atoms with Gasteiger partial charge in [-0.3, -0.25) is 0 Å². The normalized spacial score (nSPS) is 11.5. The monoisotopic (exact) mass is 302 g/mol. The summed E-state index contributed by atoms with van der Waals surface area (Å²) in [5.74, 6) is 3.03. The number of phenols is 1. The molecule has 0 saturated carbocycles. The maximum Gasteiger partial charge on any atom is 0.168 e. The van der Waals surface area contributed by atoms with Crippen LogP contribution in [0.4, 0.5) is 0 Å². The molecule has 0 aliphatic rings. The zero-order valence-electron chi connectivity index (χ0n) is 11.8. The number of halogens is 1. The summed E-state index contributed by atoms with van der Waals surface area (Å²) in [5, 5.41) is 10.5. The summed E-state index contributed by atoms with van der Waals surface area (Å²) in [7, 11) is 3.01. The van der Waals surface area contributed by atoms with Crippen molar-refractivity contribution >= 4 is 11.6 Å². The number of hydrogen-bond donors (Lipinski definition) is 1.